The molecule has 26 heavy (non-hydrogen) atoms. The molecule has 5 nitrogen and oxygen atoms in total. The molecule has 0 unspecified atom stereocenters. The molecule has 2 aromatic carbocycles. The minimum absolute atomic E-state index is 0.00483. The van der Waals surface area contributed by atoms with Gasteiger partial charge in [-0.25, -0.2) is 4.98 Å². The molecule has 3 rings (SSSR count). The van der Waals surface area contributed by atoms with E-state index in [9.17, 15) is 4.79 Å². The predicted octanol–water partition coefficient (Wildman–Crippen LogP) is 2.97. The van der Waals surface area contributed by atoms with Gasteiger partial charge in [0.05, 0.1) is 11.0 Å². The molecule has 0 radical (unpaired) electrons. The van der Waals surface area contributed by atoms with Crippen LogP contribution in [0.1, 0.15) is 17.8 Å². The molecule has 0 bridgehead atoms. The van der Waals surface area contributed by atoms with Crippen LogP contribution >= 0.6 is 0 Å². The second-order valence-corrected chi connectivity index (χ2v) is 6.28. The average molecular weight is 351 g/mol. The number of rotatable bonds is 9. The first kappa shape index (κ1) is 18.1. The van der Waals surface area contributed by atoms with E-state index in [2.05, 4.69) is 17.4 Å². The summed E-state index contributed by atoms with van der Waals surface area (Å²) >= 11 is 0. The van der Waals surface area contributed by atoms with Crippen LogP contribution in [0.3, 0.4) is 0 Å². The highest BCUT2D eigenvalue weighted by Gasteiger charge is 2.13. The molecule has 0 saturated heterocycles. The van der Waals surface area contributed by atoms with Crippen molar-refractivity contribution in [1.82, 2.24) is 14.9 Å². The van der Waals surface area contributed by atoms with Crippen molar-refractivity contribution >= 4 is 16.9 Å². The first-order valence-electron chi connectivity index (χ1n) is 9.01. The Balaban J connectivity index is 1.73. The maximum Gasteiger partial charge on any atom is 0.240 e. The van der Waals surface area contributed by atoms with E-state index in [0.29, 0.717) is 13.2 Å². The highest BCUT2D eigenvalue weighted by Crippen LogP contribution is 2.17. The van der Waals surface area contributed by atoms with E-state index in [1.807, 2.05) is 47.0 Å². The number of carbonyl (C=O) groups excluding carboxylic acids is 1. The van der Waals surface area contributed by atoms with Crippen molar-refractivity contribution in [2.75, 3.05) is 20.3 Å². The Morgan fingerprint density at radius 2 is 1.85 bits per heavy atom. The number of para-hydroxylation sites is 2. The molecule has 1 N–H and O–H groups in total. The Labute approximate surface area is 154 Å². The lowest BCUT2D eigenvalue weighted by Crippen LogP contribution is -2.29. The fraction of sp³-hybridized carbons (Fsp3) is 0.333. The van der Waals surface area contributed by atoms with Gasteiger partial charge in [-0.1, -0.05) is 42.5 Å². The third kappa shape index (κ3) is 4.70. The smallest absolute Gasteiger partial charge is 0.240 e. The molecule has 1 aromatic heterocycles. The number of nitrogens with one attached hydrogen (secondary N) is 1. The van der Waals surface area contributed by atoms with Gasteiger partial charge in [-0.2, -0.15) is 0 Å². The summed E-state index contributed by atoms with van der Waals surface area (Å²) < 4.78 is 7.05. The Morgan fingerprint density at radius 3 is 2.65 bits per heavy atom. The van der Waals surface area contributed by atoms with Crippen molar-refractivity contribution in [2.24, 2.45) is 0 Å². The van der Waals surface area contributed by atoms with Crippen LogP contribution in [0.2, 0.25) is 0 Å². The SMILES string of the molecule is COCCCNC(=O)Cn1c(CCc2ccccc2)nc2ccccc21. The van der Waals surface area contributed by atoms with Gasteiger partial charge < -0.3 is 14.6 Å². The molecular formula is C21H25N3O2. The van der Waals surface area contributed by atoms with E-state index < -0.39 is 0 Å². The standard InChI is InChI=1S/C21H25N3O2/c1-26-15-7-14-22-21(25)16-24-19-11-6-5-10-18(19)23-20(24)13-12-17-8-3-2-4-9-17/h2-6,8-11H,7,12-16H2,1H3,(H,22,25). The van der Waals surface area contributed by atoms with Gasteiger partial charge in [-0.3, -0.25) is 4.79 Å². The molecule has 5 heteroatoms. The maximum atomic E-state index is 12.3. The van der Waals surface area contributed by atoms with Crippen molar-refractivity contribution in [1.29, 1.82) is 0 Å². The molecule has 1 heterocycles. The Kier molecular flexibility index (Phi) is 6.39. The number of imidazole rings is 1. The number of amides is 1. The number of aromatic nitrogens is 2. The fourth-order valence-electron chi connectivity index (χ4n) is 3.04. The van der Waals surface area contributed by atoms with Crippen molar-refractivity contribution in [3.05, 3.63) is 66.0 Å². The van der Waals surface area contributed by atoms with Gasteiger partial charge in [0, 0.05) is 26.7 Å². The highest BCUT2D eigenvalue weighted by molar-refractivity contribution is 5.81. The van der Waals surface area contributed by atoms with Gasteiger partial charge in [-0.05, 0) is 30.5 Å². The monoisotopic (exact) mass is 351 g/mol. The average Bonchev–Trinajstić information content (AvgIpc) is 3.02. The van der Waals surface area contributed by atoms with Gasteiger partial charge in [0.15, 0.2) is 0 Å². The largest absolute Gasteiger partial charge is 0.385 e. The van der Waals surface area contributed by atoms with Crippen LogP contribution in [-0.2, 0) is 28.9 Å². The summed E-state index contributed by atoms with van der Waals surface area (Å²) in [7, 11) is 1.67. The third-order valence-electron chi connectivity index (χ3n) is 4.36. The van der Waals surface area contributed by atoms with Crippen LogP contribution < -0.4 is 5.32 Å². The van der Waals surface area contributed by atoms with Crippen LogP contribution in [-0.4, -0.2) is 35.7 Å². The van der Waals surface area contributed by atoms with Crippen molar-refractivity contribution in [3.8, 4) is 0 Å². The molecule has 3 aromatic rings. The van der Waals surface area contributed by atoms with Crippen LogP contribution in [0, 0.1) is 0 Å². The topological polar surface area (TPSA) is 56.1 Å². The molecule has 0 fully saturated rings. The quantitative estimate of drug-likeness (QED) is 0.603. The van der Waals surface area contributed by atoms with Crippen LogP contribution in [0.25, 0.3) is 11.0 Å². The lowest BCUT2D eigenvalue weighted by atomic mass is 10.1. The number of hydrogen-bond donors (Lipinski definition) is 1. The van der Waals surface area contributed by atoms with Crippen molar-refractivity contribution in [3.63, 3.8) is 0 Å². The van der Waals surface area contributed by atoms with E-state index in [1.165, 1.54) is 5.56 Å². The van der Waals surface area contributed by atoms with E-state index in [0.717, 1.165) is 36.1 Å². The van der Waals surface area contributed by atoms with Gasteiger partial charge >= 0.3 is 0 Å². The zero-order valence-corrected chi connectivity index (χ0v) is 15.1. The number of ether oxygens (including phenoxy) is 1. The number of fused-ring (bicyclic) bond motifs is 1. The molecule has 0 spiro atoms. The molecular weight excluding hydrogens is 326 g/mol. The summed E-state index contributed by atoms with van der Waals surface area (Å²) in [5.41, 5.74) is 3.21. The van der Waals surface area contributed by atoms with Crippen LogP contribution in [0.15, 0.2) is 54.6 Å². The van der Waals surface area contributed by atoms with Gasteiger partial charge in [-0.15, -0.1) is 0 Å². The molecule has 1 amide bonds. The normalized spacial score (nSPS) is 11.0. The lowest BCUT2D eigenvalue weighted by Gasteiger charge is -2.10. The Bertz CT molecular complexity index is 843. The fourth-order valence-corrected chi connectivity index (χ4v) is 3.04. The van der Waals surface area contributed by atoms with Crippen LogP contribution in [0.4, 0.5) is 0 Å². The summed E-state index contributed by atoms with van der Waals surface area (Å²) in [5, 5.41) is 2.95. The molecule has 0 aliphatic carbocycles. The summed E-state index contributed by atoms with van der Waals surface area (Å²) in [6.45, 7) is 1.56. The summed E-state index contributed by atoms with van der Waals surface area (Å²) in [6.07, 6.45) is 2.52. The number of benzene rings is 2. The van der Waals surface area contributed by atoms with Gasteiger partial charge in [0.1, 0.15) is 12.4 Å². The predicted molar refractivity (Wildman–Crippen MR) is 103 cm³/mol. The molecule has 136 valence electrons. The summed E-state index contributed by atoms with van der Waals surface area (Å²) in [4.78, 5) is 17.1. The minimum Gasteiger partial charge on any atom is -0.385 e. The first-order valence-corrected chi connectivity index (χ1v) is 9.01. The molecule has 0 saturated carbocycles. The molecule has 0 aliphatic heterocycles. The maximum absolute atomic E-state index is 12.3. The minimum atomic E-state index is 0.00483. The highest BCUT2D eigenvalue weighted by atomic mass is 16.5. The van der Waals surface area contributed by atoms with E-state index in [-0.39, 0.29) is 12.5 Å². The Hall–Kier alpha value is -2.66. The van der Waals surface area contributed by atoms with Crippen LogP contribution in [0.5, 0.6) is 0 Å². The van der Waals surface area contributed by atoms with Crippen molar-refractivity contribution < 1.29 is 9.53 Å². The number of aryl methyl sites for hydroxylation is 2. The molecule has 0 atom stereocenters. The van der Waals surface area contributed by atoms with Crippen molar-refractivity contribution in [2.45, 2.75) is 25.8 Å². The van der Waals surface area contributed by atoms with Gasteiger partial charge in [0.25, 0.3) is 0 Å². The zero-order valence-electron chi connectivity index (χ0n) is 15.1. The number of methoxy groups -OCH3 is 1. The second kappa shape index (κ2) is 9.15. The van der Waals surface area contributed by atoms with E-state index >= 15 is 0 Å². The van der Waals surface area contributed by atoms with E-state index in [4.69, 9.17) is 9.72 Å². The number of carbonyl (C=O) groups is 1. The summed E-state index contributed by atoms with van der Waals surface area (Å²) in [6, 6.07) is 18.3. The molecule has 0 aliphatic rings. The zero-order chi connectivity index (χ0) is 18.2. The summed E-state index contributed by atoms with van der Waals surface area (Å²) in [5.74, 6) is 0.951. The first-order chi connectivity index (χ1) is 12.8. The number of hydrogen-bond acceptors (Lipinski definition) is 3. The third-order valence-corrected chi connectivity index (χ3v) is 4.36. The van der Waals surface area contributed by atoms with Gasteiger partial charge in [0.2, 0.25) is 5.91 Å². The second-order valence-electron chi connectivity index (χ2n) is 6.28. The number of nitrogens with zero attached hydrogens (tertiary/aromatic N) is 2. The lowest BCUT2D eigenvalue weighted by molar-refractivity contribution is -0.121. The van der Waals surface area contributed by atoms with E-state index in [1.54, 1.807) is 7.11 Å². The Morgan fingerprint density at radius 1 is 1.08 bits per heavy atom.